The second-order valence-corrected chi connectivity index (χ2v) is 4.67. The number of pyridine rings is 1. The van der Waals surface area contributed by atoms with Gasteiger partial charge in [0.15, 0.2) is 0 Å². The summed E-state index contributed by atoms with van der Waals surface area (Å²) >= 11 is 0. The van der Waals surface area contributed by atoms with Gasteiger partial charge in [0.05, 0.1) is 10.6 Å². The van der Waals surface area contributed by atoms with Gasteiger partial charge in [-0.2, -0.15) is 8.42 Å². The largest absolute Gasteiger partial charge is 0.294 e. The van der Waals surface area contributed by atoms with E-state index in [1.807, 2.05) is 18.2 Å². The van der Waals surface area contributed by atoms with Gasteiger partial charge in [-0.15, -0.1) is 0 Å². The maximum Gasteiger partial charge on any atom is 0.294 e. The van der Waals surface area contributed by atoms with Crippen molar-refractivity contribution in [1.29, 1.82) is 0 Å². The van der Waals surface area contributed by atoms with Crippen LogP contribution in [0, 0.1) is 0 Å². The first-order chi connectivity index (χ1) is 8.54. The molecule has 0 atom stereocenters. The standard InChI is InChI=1S/C7H7N.C6H6O3S/c1-2-7-5-3-4-6-8-7;7-10(8,9)6-4-2-1-3-5-6/h2-6H,1H2;1-5H,(H,7,8,9). The van der Waals surface area contributed by atoms with E-state index in [1.165, 1.54) is 12.1 Å². The maximum absolute atomic E-state index is 10.4. The van der Waals surface area contributed by atoms with Crippen LogP contribution in [0.3, 0.4) is 0 Å². The highest BCUT2D eigenvalue weighted by Gasteiger charge is 2.05. The molecule has 0 unspecified atom stereocenters. The minimum Gasteiger partial charge on any atom is -0.282 e. The molecular formula is C13H13NO3S. The Morgan fingerprint density at radius 3 is 2.00 bits per heavy atom. The van der Waals surface area contributed by atoms with Crippen LogP contribution in [-0.4, -0.2) is 18.0 Å². The minimum absolute atomic E-state index is 0.0741. The Bertz CT molecular complexity index is 580. The Labute approximate surface area is 106 Å². The number of hydrogen-bond donors (Lipinski definition) is 1. The van der Waals surface area contributed by atoms with Crippen LogP contribution in [0.1, 0.15) is 5.69 Å². The van der Waals surface area contributed by atoms with Crippen LogP contribution in [-0.2, 0) is 10.1 Å². The Morgan fingerprint density at radius 2 is 1.67 bits per heavy atom. The highest BCUT2D eigenvalue weighted by Crippen LogP contribution is 2.05. The Hall–Kier alpha value is -1.98. The zero-order chi connectivity index (χ0) is 13.4. The van der Waals surface area contributed by atoms with Crippen molar-refractivity contribution in [3.63, 3.8) is 0 Å². The third-order valence-corrected chi connectivity index (χ3v) is 2.81. The van der Waals surface area contributed by atoms with E-state index in [1.54, 1.807) is 30.5 Å². The van der Waals surface area contributed by atoms with E-state index in [0.29, 0.717) is 0 Å². The lowest BCUT2D eigenvalue weighted by atomic mass is 10.4. The fourth-order valence-electron chi connectivity index (χ4n) is 1.09. The third kappa shape index (κ3) is 4.90. The lowest BCUT2D eigenvalue weighted by molar-refractivity contribution is 0.483. The number of benzene rings is 1. The predicted molar refractivity (Wildman–Crippen MR) is 70.6 cm³/mol. The molecule has 0 amide bonds. The molecule has 0 bridgehead atoms. The molecule has 1 aromatic heterocycles. The van der Waals surface area contributed by atoms with Crippen molar-refractivity contribution < 1.29 is 13.0 Å². The summed E-state index contributed by atoms with van der Waals surface area (Å²) in [5.41, 5.74) is 0.924. The zero-order valence-corrected chi connectivity index (χ0v) is 10.4. The van der Waals surface area contributed by atoms with Gasteiger partial charge in [0.1, 0.15) is 0 Å². The van der Waals surface area contributed by atoms with Gasteiger partial charge in [-0.25, -0.2) is 0 Å². The van der Waals surface area contributed by atoms with Crippen molar-refractivity contribution in [3.05, 3.63) is 67.0 Å². The van der Waals surface area contributed by atoms with Gasteiger partial charge in [0.2, 0.25) is 0 Å². The van der Waals surface area contributed by atoms with E-state index in [4.69, 9.17) is 4.55 Å². The van der Waals surface area contributed by atoms with Crippen molar-refractivity contribution in [2.75, 3.05) is 0 Å². The van der Waals surface area contributed by atoms with Crippen molar-refractivity contribution in [1.82, 2.24) is 4.98 Å². The Balaban J connectivity index is 0.000000184. The molecule has 1 heterocycles. The number of rotatable bonds is 2. The minimum atomic E-state index is -4.00. The summed E-state index contributed by atoms with van der Waals surface area (Å²) in [5.74, 6) is 0. The molecule has 0 aliphatic heterocycles. The summed E-state index contributed by atoms with van der Waals surface area (Å²) in [5, 5.41) is 0. The first-order valence-electron chi connectivity index (χ1n) is 5.10. The van der Waals surface area contributed by atoms with E-state index in [-0.39, 0.29) is 4.90 Å². The third-order valence-electron chi connectivity index (χ3n) is 1.94. The molecule has 0 aliphatic carbocycles. The topological polar surface area (TPSA) is 67.3 Å². The van der Waals surface area contributed by atoms with Gasteiger partial charge >= 0.3 is 0 Å². The summed E-state index contributed by atoms with van der Waals surface area (Å²) in [6.45, 7) is 3.57. The molecule has 0 spiro atoms. The van der Waals surface area contributed by atoms with Gasteiger partial charge in [0, 0.05) is 6.20 Å². The normalized spacial score (nSPS) is 10.1. The number of nitrogens with zero attached hydrogens (tertiary/aromatic N) is 1. The molecule has 0 saturated heterocycles. The molecule has 0 radical (unpaired) electrons. The van der Waals surface area contributed by atoms with Crippen LogP contribution in [0.25, 0.3) is 6.08 Å². The Morgan fingerprint density at radius 1 is 1.06 bits per heavy atom. The van der Waals surface area contributed by atoms with Gasteiger partial charge in [-0.3, -0.25) is 9.54 Å². The van der Waals surface area contributed by atoms with Crippen LogP contribution in [0.15, 0.2) is 66.2 Å². The molecule has 0 saturated carbocycles. The summed E-state index contributed by atoms with van der Waals surface area (Å²) in [4.78, 5) is 3.91. The van der Waals surface area contributed by atoms with Gasteiger partial charge in [0.25, 0.3) is 10.1 Å². The van der Waals surface area contributed by atoms with E-state index < -0.39 is 10.1 Å². The van der Waals surface area contributed by atoms with Crippen LogP contribution < -0.4 is 0 Å². The predicted octanol–water partition coefficient (Wildman–Crippen LogP) is 2.66. The summed E-state index contributed by atoms with van der Waals surface area (Å²) < 4.78 is 29.2. The molecule has 1 N–H and O–H groups in total. The SMILES string of the molecule is C=Cc1ccccn1.O=S(=O)(O)c1ccccc1. The summed E-state index contributed by atoms with van der Waals surface area (Å²) in [6, 6.07) is 13.1. The fourth-order valence-corrected chi connectivity index (χ4v) is 1.59. The van der Waals surface area contributed by atoms with Crippen LogP contribution in [0.5, 0.6) is 0 Å². The highest BCUT2D eigenvalue weighted by atomic mass is 32.2. The van der Waals surface area contributed by atoms with Gasteiger partial charge in [-0.1, -0.05) is 30.8 Å². The molecule has 5 heteroatoms. The maximum atomic E-state index is 10.4. The molecule has 1 aromatic carbocycles. The molecular weight excluding hydrogens is 250 g/mol. The molecule has 0 fully saturated rings. The van der Waals surface area contributed by atoms with E-state index in [0.717, 1.165) is 5.69 Å². The van der Waals surface area contributed by atoms with Crippen LogP contribution in [0.4, 0.5) is 0 Å². The molecule has 94 valence electrons. The van der Waals surface area contributed by atoms with Crippen molar-refractivity contribution in [2.45, 2.75) is 4.90 Å². The van der Waals surface area contributed by atoms with Crippen molar-refractivity contribution in [3.8, 4) is 0 Å². The van der Waals surface area contributed by atoms with Gasteiger partial charge in [-0.05, 0) is 30.3 Å². The fraction of sp³-hybridized carbons (Fsp3) is 0. The molecule has 2 rings (SSSR count). The first-order valence-corrected chi connectivity index (χ1v) is 6.54. The lowest BCUT2D eigenvalue weighted by Crippen LogP contribution is -1.96. The van der Waals surface area contributed by atoms with Gasteiger partial charge < -0.3 is 0 Å². The molecule has 18 heavy (non-hydrogen) atoms. The Kier molecular flexibility index (Phi) is 5.23. The summed E-state index contributed by atoms with van der Waals surface area (Å²) in [6.07, 6.45) is 3.47. The average molecular weight is 263 g/mol. The monoisotopic (exact) mass is 263 g/mol. The molecule has 0 aliphatic rings. The second kappa shape index (κ2) is 6.68. The van der Waals surface area contributed by atoms with Crippen LogP contribution in [0.2, 0.25) is 0 Å². The average Bonchev–Trinajstić information content (AvgIpc) is 2.40. The van der Waals surface area contributed by atoms with E-state index >= 15 is 0 Å². The van der Waals surface area contributed by atoms with Crippen molar-refractivity contribution in [2.24, 2.45) is 0 Å². The first kappa shape index (κ1) is 14.1. The summed E-state index contributed by atoms with van der Waals surface area (Å²) in [7, 11) is -4.00. The molecule has 4 nitrogen and oxygen atoms in total. The second-order valence-electron chi connectivity index (χ2n) is 3.25. The molecule has 2 aromatic rings. The number of aromatic nitrogens is 1. The van der Waals surface area contributed by atoms with E-state index in [2.05, 4.69) is 11.6 Å². The highest BCUT2D eigenvalue weighted by molar-refractivity contribution is 7.85. The van der Waals surface area contributed by atoms with Crippen molar-refractivity contribution >= 4 is 16.2 Å². The lowest BCUT2D eigenvalue weighted by Gasteiger charge is -1.92. The number of hydrogen-bond acceptors (Lipinski definition) is 3. The van der Waals surface area contributed by atoms with Crippen LogP contribution >= 0.6 is 0 Å². The zero-order valence-electron chi connectivity index (χ0n) is 9.60. The smallest absolute Gasteiger partial charge is 0.282 e. The van der Waals surface area contributed by atoms with E-state index in [9.17, 15) is 8.42 Å². The quantitative estimate of drug-likeness (QED) is 0.846.